The van der Waals surface area contributed by atoms with Gasteiger partial charge in [-0.2, -0.15) is 4.36 Å². The van der Waals surface area contributed by atoms with Crippen molar-refractivity contribution in [3.8, 4) is 0 Å². The summed E-state index contributed by atoms with van der Waals surface area (Å²) < 4.78 is 18.0. The third-order valence-corrected chi connectivity index (χ3v) is 5.77. The average molecular weight is 339 g/mol. The summed E-state index contributed by atoms with van der Waals surface area (Å²) in [6.45, 7) is 0. The first-order valence-corrected chi connectivity index (χ1v) is 7.71. The van der Waals surface area contributed by atoms with Crippen molar-refractivity contribution >= 4 is 47.3 Å². The van der Waals surface area contributed by atoms with Crippen LogP contribution in [0.25, 0.3) is 0 Å². The first kappa shape index (κ1) is 10.6. The molecule has 1 aromatic carbocycles. The second-order valence-corrected chi connectivity index (χ2v) is 7.45. The summed E-state index contributed by atoms with van der Waals surface area (Å²) in [5.74, 6) is 1.47. The van der Waals surface area contributed by atoms with Gasteiger partial charge in [0.25, 0.3) is 0 Å². The van der Waals surface area contributed by atoms with Crippen LogP contribution in [0.2, 0.25) is 0 Å². The van der Waals surface area contributed by atoms with Gasteiger partial charge in [-0.25, -0.2) is 4.21 Å². The monoisotopic (exact) mass is 337 g/mol. The fourth-order valence-corrected chi connectivity index (χ4v) is 4.13. The molecule has 5 heteroatoms. The van der Waals surface area contributed by atoms with Crippen molar-refractivity contribution in [2.24, 2.45) is 4.36 Å². The van der Waals surface area contributed by atoms with E-state index in [0.29, 0.717) is 0 Å². The Morgan fingerprint density at radius 1 is 1.21 bits per heavy atom. The predicted octanol–water partition coefficient (Wildman–Crippen LogP) is 3.71. The molecule has 2 rings (SSSR count). The van der Waals surface area contributed by atoms with Crippen LogP contribution in [0, 0.1) is 0 Å². The van der Waals surface area contributed by atoms with E-state index >= 15 is 0 Å². The van der Waals surface area contributed by atoms with Gasteiger partial charge in [0.1, 0.15) is 5.69 Å². The lowest BCUT2D eigenvalue weighted by Gasteiger charge is -2.18. The molecule has 0 aromatic heterocycles. The van der Waals surface area contributed by atoms with Crippen LogP contribution in [-0.2, 0) is 9.73 Å². The van der Waals surface area contributed by atoms with Crippen molar-refractivity contribution in [1.82, 2.24) is 0 Å². The van der Waals surface area contributed by atoms with E-state index in [-0.39, 0.29) is 0 Å². The van der Waals surface area contributed by atoms with Gasteiger partial charge in [0.05, 0.1) is 9.73 Å². The summed E-state index contributed by atoms with van der Waals surface area (Å²) in [4.78, 5) is 0. The van der Waals surface area contributed by atoms with Gasteiger partial charge in [-0.05, 0) is 50.4 Å². The highest BCUT2D eigenvalue weighted by atomic mass is 79.9. The molecule has 0 bridgehead atoms. The van der Waals surface area contributed by atoms with E-state index in [4.69, 9.17) is 0 Å². The lowest BCUT2D eigenvalue weighted by atomic mass is 10.3. The molecule has 1 aromatic rings. The lowest BCUT2D eigenvalue weighted by molar-refractivity contribution is 0.663. The molecule has 0 N–H and O–H groups in total. The minimum Gasteiger partial charge on any atom is -0.249 e. The van der Waals surface area contributed by atoms with Gasteiger partial charge in [0, 0.05) is 20.5 Å². The fraction of sp³-hybridized carbons (Fsp3) is 0.333. The van der Waals surface area contributed by atoms with Gasteiger partial charge in [0.15, 0.2) is 0 Å². The van der Waals surface area contributed by atoms with Gasteiger partial charge in [-0.15, -0.1) is 0 Å². The summed E-state index contributed by atoms with van der Waals surface area (Å²) in [5.41, 5.74) is 0.775. The molecule has 0 amide bonds. The zero-order chi connectivity index (χ0) is 10.2. The van der Waals surface area contributed by atoms with Crippen molar-refractivity contribution in [1.29, 1.82) is 0 Å². The Bertz CT molecular complexity index is 447. The van der Waals surface area contributed by atoms with Crippen molar-refractivity contribution in [2.45, 2.75) is 6.42 Å². The Morgan fingerprint density at radius 2 is 1.79 bits per heavy atom. The molecule has 1 saturated heterocycles. The largest absolute Gasteiger partial charge is 0.249 e. The van der Waals surface area contributed by atoms with E-state index in [1.807, 2.05) is 18.2 Å². The van der Waals surface area contributed by atoms with E-state index in [1.54, 1.807) is 0 Å². The maximum Gasteiger partial charge on any atom is 0.101 e. The number of halogens is 2. The molecule has 2 nitrogen and oxygen atoms in total. The van der Waals surface area contributed by atoms with Crippen LogP contribution in [0.1, 0.15) is 6.42 Å². The lowest BCUT2D eigenvalue weighted by Crippen LogP contribution is -2.23. The Morgan fingerprint density at radius 3 is 2.21 bits per heavy atom. The molecule has 14 heavy (non-hydrogen) atoms. The third kappa shape index (κ3) is 2.04. The molecule has 0 saturated carbocycles. The number of hydrogen-bond acceptors (Lipinski definition) is 2. The predicted molar refractivity (Wildman–Crippen MR) is 66.4 cm³/mol. The van der Waals surface area contributed by atoms with Gasteiger partial charge in [-0.1, -0.05) is 6.07 Å². The normalized spacial score (nSPS) is 18.7. The van der Waals surface area contributed by atoms with Gasteiger partial charge in [-0.3, -0.25) is 0 Å². The number of rotatable bonds is 1. The first-order valence-electron chi connectivity index (χ1n) is 4.27. The van der Waals surface area contributed by atoms with Crippen LogP contribution >= 0.6 is 31.9 Å². The van der Waals surface area contributed by atoms with Crippen LogP contribution in [-0.4, -0.2) is 15.7 Å². The molecular weight excluding hydrogens is 330 g/mol. The molecule has 1 fully saturated rings. The number of hydrogen-bond donors (Lipinski definition) is 0. The third-order valence-electron chi connectivity index (χ3n) is 2.12. The SMILES string of the molecule is O=S1(=Nc2c(Br)cccc2Br)CCC1. The van der Waals surface area contributed by atoms with E-state index in [1.165, 1.54) is 0 Å². The minimum atomic E-state index is -1.92. The Balaban J connectivity index is 2.52. The standard InChI is InChI=1S/C9H9Br2NOS/c10-7-3-1-4-8(11)9(7)12-14(13)5-2-6-14/h1,3-4H,2,5-6H2. The van der Waals surface area contributed by atoms with E-state index in [0.717, 1.165) is 32.6 Å². The molecule has 76 valence electrons. The van der Waals surface area contributed by atoms with E-state index in [2.05, 4.69) is 36.2 Å². The van der Waals surface area contributed by atoms with Gasteiger partial charge >= 0.3 is 0 Å². The highest BCUT2D eigenvalue weighted by Crippen LogP contribution is 2.35. The highest BCUT2D eigenvalue weighted by molar-refractivity contribution is 9.11. The number of benzene rings is 1. The molecule has 0 atom stereocenters. The molecule has 1 aliphatic rings. The molecule has 0 radical (unpaired) electrons. The molecule has 0 aliphatic carbocycles. The van der Waals surface area contributed by atoms with Crippen LogP contribution < -0.4 is 0 Å². The van der Waals surface area contributed by atoms with E-state index in [9.17, 15) is 4.21 Å². The summed E-state index contributed by atoms with van der Waals surface area (Å²) in [6, 6.07) is 5.73. The maximum absolute atomic E-state index is 11.9. The maximum atomic E-state index is 11.9. The first-order chi connectivity index (χ1) is 6.61. The topological polar surface area (TPSA) is 29.4 Å². The fourth-order valence-electron chi connectivity index (χ4n) is 1.23. The number of nitrogens with zero attached hydrogens (tertiary/aromatic N) is 1. The summed E-state index contributed by atoms with van der Waals surface area (Å²) in [5, 5.41) is 0. The van der Waals surface area contributed by atoms with Crippen molar-refractivity contribution in [2.75, 3.05) is 11.5 Å². The van der Waals surface area contributed by atoms with Gasteiger partial charge < -0.3 is 0 Å². The van der Waals surface area contributed by atoms with Crippen LogP contribution in [0.15, 0.2) is 31.5 Å². The molecule has 1 aliphatic heterocycles. The molecular formula is C9H9Br2NOS. The highest BCUT2D eigenvalue weighted by Gasteiger charge is 2.20. The molecule has 0 unspecified atom stereocenters. The van der Waals surface area contributed by atoms with E-state index < -0.39 is 9.73 Å². The zero-order valence-electron chi connectivity index (χ0n) is 7.37. The summed E-state index contributed by atoms with van der Waals surface area (Å²) >= 11 is 6.81. The second-order valence-electron chi connectivity index (χ2n) is 3.20. The summed E-state index contributed by atoms with van der Waals surface area (Å²) in [7, 11) is -1.92. The van der Waals surface area contributed by atoms with Crippen LogP contribution in [0.4, 0.5) is 5.69 Å². The smallest absolute Gasteiger partial charge is 0.101 e. The Labute approximate surface area is 101 Å². The second kappa shape index (κ2) is 3.94. The average Bonchev–Trinajstić information content (AvgIpc) is 2.09. The van der Waals surface area contributed by atoms with Gasteiger partial charge in [0.2, 0.25) is 0 Å². The Kier molecular flexibility index (Phi) is 3.00. The minimum absolute atomic E-state index is 0.737. The quantitative estimate of drug-likeness (QED) is 0.767. The molecule has 0 spiro atoms. The zero-order valence-corrected chi connectivity index (χ0v) is 11.4. The summed E-state index contributed by atoms with van der Waals surface area (Å²) in [6.07, 6.45) is 1.03. The van der Waals surface area contributed by atoms with Crippen molar-refractivity contribution < 1.29 is 4.21 Å². The molecule has 1 heterocycles. The Hall–Kier alpha value is 0.130. The van der Waals surface area contributed by atoms with Crippen LogP contribution in [0.5, 0.6) is 0 Å². The van der Waals surface area contributed by atoms with Crippen molar-refractivity contribution in [3.05, 3.63) is 27.1 Å². The van der Waals surface area contributed by atoms with Crippen LogP contribution in [0.3, 0.4) is 0 Å². The van der Waals surface area contributed by atoms with Crippen molar-refractivity contribution in [3.63, 3.8) is 0 Å².